The first-order chi connectivity index (χ1) is 13.7. The Morgan fingerprint density at radius 2 is 2.00 bits per heavy atom. The predicted molar refractivity (Wildman–Crippen MR) is 111 cm³/mol. The van der Waals surface area contributed by atoms with Crippen molar-refractivity contribution in [3.05, 3.63) is 18.0 Å². The van der Waals surface area contributed by atoms with Gasteiger partial charge in [0, 0.05) is 24.8 Å². The van der Waals surface area contributed by atoms with Gasteiger partial charge >= 0.3 is 0 Å². The summed E-state index contributed by atoms with van der Waals surface area (Å²) >= 11 is 0. The fourth-order valence-corrected chi connectivity index (χ4v) is 5.06. The van der Waals surface area contributed by atoms with Crippen LogP contribution in [0.25, 0.3) is 0 Å². The second-order valence-corrected chi connectivity index (χ2v) is 8.94. The van der Waals surface area contributed by atoms with Crippen LogP contribution in [0.3, 0.4) is 0 Å². The number of likely N-dealkylation sites (tertiary alicyclic amines) is 2. The number of hydrogen-bond donors (Lipinski definition) is 2. The van der Waals surface area contributed by atoms with Crippen molar-refractivity contribution in [1.82, 2.24) is 30.2 Å². The molecule has 7 nitrogen and oxygen atoms in total. The maximum Gasteiger partial charge on any atom is 0.271 e. The standard InChI is InChI=1S/C21H36N6O/c1-25-14-8-21(9-15-25,26-11-3-2-4-12-26)17-23-20(28)19-7-13-27(24-19)18-6-5-10-22-16-18/h7,13,18,22H,2-6,8-12,14-17H2,1H3,(H,23,28). The van der Waals surface area contributed by atoms with Gasteiger partial charge in [0.15, 0.2) is 0 Å². The first kappa shape index (κ1) is 19.9. The van der Waals surface area contributed by atoms with Gasteiger partial charge in [-0.1, -0.05) is 6.42 Å². The number of hydrogen-bond acceptors (Lipinski definition) is 5. The summed E-state index contributed by atoms with van der Waals surface area (Å²) in [5, 5.41) is 11.2. The highest BCUT2D eigenvalue weighted by Gasteiger charge is 2.40. The van der Waals surface area contributed by atoms with Crippen LogP contribution in [-0.2, 0) is 0 Å². The van der Waals surface area contributed by atoms with E-state index in [0.717, 1.165) is 52.0 Å². The van der Waals surface area contributed by atoms with E-state index in [2.05, 4.69) is 32.6 Å². The summed E-state index contributed by atoms with van der Waals surface area (Å²) in [6, 6.07) is 2.23. The fraction of sp³-hybridized carbons (Fsp3) is 0.810. The summed E-state index contributed by atoms with van der Waals surface area (Å²) in [6.45, 7) is 7.31. The Morgan fingerprint density at radius 3 is 2.71 bits per heavy atom. The molecule has 1 atom stereocenters. The van der Waals surface area contributed by atoms with E-state index in [9.17, 15) is 4.79 Å². The summed E-state index contributed by atoms with van der Waals surface area (Å²) in [6.07, 6.45) is 10.4. The topological polar surface area (TPSA) is 65.4 Å². The summed E-state index contributed by atoms with van der Waals surface area (Å²) in [5.74, 6) is -0.0298. The van der Waals surface area contributed by atoms with E-state index in [0.29, 0.717) is 11.7 Å². The van der Waals surface area contributed by atoms with Crippen LogP contribution in [0.4, 0.5) is 0 Å². The van der Waals surface area contributed by atoms with Crippen molar-refractivity contribution in [2.75, 3.05) is 52.9 Å². The number of nitrogens with one attached hydrogen (secondary N) is 2. The molecule has 4 heterocycles. The van der Waals surface area contributed by atoms with Crippen LogP contribution in [0.2, 0.25) is 0 Å². The van der Waals surface area contributed by atoms with Crippen molar-refractivity contribution in [3.8, 4) is 0 Å². The van der Waals surface area contributed by atoms with Crippen molar-refractivity contribution in [3.63, 3.8) is 0 Å². The minimum absolute atomic E-state index is 0.0298. The van der Waals surface area contributed by atoms with E-state index in [1.807, 2.05) is 16.9 Å². The van der Waals surface area contributed by atoms with E-state index in [1.54, 1.807) is 0 Å². The van der Waals surface area contributed by atoms with Gasteiger partial charge in [0.25, 0.3) is 5.91 Å². The molecule has 2 N–H and O–H groups in total. The molecular formula is C21H36N6O. The average molecular weight is 389 g/mol. The van der Waals surface area contributed by atoms with Crippen LogP contribution in [0.5, 0.6) is 0 Å². The number of carbonyl (C=O) groups is 1. The number of aromatic nitrogens is 2. The largest absolute Gasteiger partial charge is 0.349 e. The molecule has 3 fully saturated rings. The van der Waals surface area contributed by atoms with Crippen LogP contribution in [0.15, 0.2) is 12.3 Å². The van der Waals surface area contributed by atoms with Gasteiger partial charge in [0.1, 0.15) is 5.69 Å². The lowest BCUT2D eigenvalue weighted by atomic mass is 9.84. The van der Waals surface area contributed by atoms with Gasteiger partial charge in [-0.2, -0.15) is 5.10 Å². The van der Waals surface area contributed by atoms with Crippen LogP contribution in [0.1, 0.15) is 61.5 Å². The van der Waals surface area contributed by atoms with E-state index in [4.69, 9.17) is 0 Å². The first-order valence-corrected chi connectivity index (χ1v) is 11.1. The zero-order valence-electron chi connectivity index (χ0n) is 17.3. The van der Waals surface area contributed by atoms with Crippen molar-refractivity contribution >= 4 is 5.91 Å². The van der Waals surface area contributed by atoms with Gasteiger partial charge in [0.05, 0.1) is 6.04 Å². The lowest BCUT2D eigenvalue weighted by molar-refractivity contribution is 0.0144. The number of rotatable bonds is 5. The molecule has 0 aliphatic carbocycles. The highest BCUT2D eigenvalue weighted by atomic mass is 16.2. The lowest BCUT2D eigenvalue weighted by Crippen LogP contribution is -2.61. The highest BCUT2D eigenvalue weighted by molar-refractivity contribution is 5.92. The average Bonchev–Trinajstić information content (AvgIpc) is 3.25. The van der Waals surface area contributed by atoms with E-state index in [1.165, 1.54) is 38.8 Å². The van der Waals surface area contributed by atoms with E-state index >= 15 is 0 Å². The molecule has 1 aromatic rings. The minimum atomic E-state index is -0.0298. The van der Waals surface area contributed by atoms with Crippen molar-refractivity contribution < 1.29 is 4.79 Å². The van der Waals surface area contributed by atoms with Gasteiger partial charge in [-0.3, -0.25) is 14.4 Å². The predicted octanol–water partition coefficient (Wildman–Crippen LogP) is 1.49. The Kier molecular flexibility index (Phi) is 6.33. The molecule has 0 saturated carbocycles. The number of nitrogens with zero attached hydrogens (tertiary/aromatic N) is 4. The van der Waals surface area contributed by atoms with Gasteiger partial charge in [-0.25, -0.2) is 0 Å². The Hall–Kier alpha value is -1.44. The zero-order chi connectivity index (χ0) is 19.4. The molecule has 1 aromatic heterocycles. The molecule has 3 aliphatic heterocycles. The van der Waals surface area contributed by atoms with Crippen molar-refractivity contribution in [2.45, 2.75) is 56.5 Å². The summed E-state index contributed by atoms with van der Waals surface area (Å²) < 4.78 is 1.97. The molecule has 1 amide bonds. The Morgan fingerprint density at radius 1 is 1.21 bits per heavy atom. The maximum absolute atomic E-state index is 12.8. The first-order valence-electron chi connectivity index (χ1n) is 11.1. The van der Waals surface area contributed by atoms with Gasteiger partial charge in [-0.05, 0) is 84.4 Å². The zero-order valence-corrected chi connectivity index (χ0v) is 17.3. The number of carbonyl (C=O) groups excluding carboxylic acids is 1. The Balaban J connectivity index is 1.39. The van der Waals surface area contributed by atoms with Crippen LogP contribution in [0, 0.1) is 0 Å². The third kappa shape index (κ3) is 4.42. The summed E-state index contributed by atoms with van der Waals surface area (Å²) in [4.78, 5) is 17.9. The fourth-order valence-electron chi connectivity index (χ4n) is 5.06. The monoisotopic (exact) mass is 388 g/mol. The van der Waals surface area contributed by atoms with Gasteiger partial charge in [-0.15, -0.1) is 0 Å². The molecule has 4 rings (SSSR count). The Labute approximate surface area is 168 Å². The maximum atomic E-state index is 12.8. The molecule has 0 spiro atoms. The number of piperidine rings is 3. The highest BCUT2D eigenvalue weighted by Crippen LogP contribution is 2.31. The molecule has 7 heteroatoms. The second kappa shape index (κ2) is 8.93. The smallest absolute Gasteiger partial charge is 0.271 e. The lowest BCUT2D eigenvalue weighted by Gasteiger charge is -2.50. The second-order valence-electron chi connectivity index (χ2n) is 8.94. The van der Waals surface area contributed by atoms with Crippen LogP contribution >= 0.6 is 0 Å². The quantitative estimate of drug-likeness (QED) is 0.800. The normalized spacial score (nSPS) is 26.8. The molecule has 0 aromatic carbocycles. The van der Waals surface area contributed by atoms with Crippen LogP contribution in [-0.4, -0.2) is 83.9 Å². The Bertz CT molecular complexity index is 639. The molecule has 28 heavy (non-hydrogen) atoms. The molecular weight excluding hydrogens is 352 g/mol. The molecule has 3 aliphatic rings. The van der Waals surface area contributed by atoms with Crippen LogP contribution < -0.4 is 10.6 Å². The minimum Gasteiger partial charge on any atom is -0.349 e. The molecule has 1 unspecified atom stereocenters. The SMILES string of the molecule is CN1CCC(CNC(=O)c2ccn(C3CCCNC3)n2)(N2CCCCC2)CC1. The van der Waals surface area contributed by atoms with Gasteiger partial charge < -0.3 is 15.5 Å². The molecule has 3 saturated heterocycles. The van der Waals surface area contributed by atoms with Crippen molar-refractivity contribution in [1.29, 1.82) is 0 Å². The third-order valence-electron chi connectivity index (χ3n) is 7.01. The summed E-state index contributed by atoms with van der Waals surface area (Å²) in [5.41, 5.74) is 0.658. The van der Waals surface area contributed by atoms with Crippen molar-refractivity contribution in [2.24, 2.45) is 0 Å². The van der Waals surface area contributed by atoms with E-state index in [-0.39, 0.29) is 11.4 Å². The molecule has 0 radical (unpaired) electrons. The third-order valence-corrected chi connectivity index (χ3v) is 7.01. The number of amides is 1. The van der Waals surface area contributed by atoms with Gasteiger partial charge in [0.2, 0.25) is 0 Å². The summed E-state index contributed by atoms with van der Waals surface area (Å²) in [7, 11) is 2.20. The van der Waals surface area contributed by atoms with E-state index < -0.39 is 0 Å². The molecule has 0 bridgehead atoms. The molecule has 156 valence electrons.